The molecule has 5 N–H and O–H groups in total. The Morgan fingerprint density at radius 1 is 1.59 bits per heavy atom. The molecule has 0 spiro atoms. The zero-order chi connectivity index (χ0) is 13.2. The number of pyridine rings is 1. The number of aliphatic hydroxyl groups is 3. The minimum absolute atomic E-state index is 0.0625. The van der Waals surface area contributed by atoms with Crippen molar-refractivity contribution < 1.29 is 20.2 Å². The first-order valence-electron chi connectivity index (χ1n) is 4.76. The highest BCUT2D eigenvalue weighted by atomic mass is 16.6. The molecule has 1 aromatic rings. The fraction of sp³-hybridized carbons (Fsp3) is 0.444. The van der Waals surface area contributed by atoms with Gasteiger partial charge in [0.05, 0.1) is 11.5 Å². The Morgan fingerprint density at radius 2 is 2.18 bits per heavy atom. The average molecular weight is 243 g/mol. The lowest BCUT2D eigenvalue weighted by atomic mass is 10.0. The molecule has 0 amide bonds. The van der Waals surface area contributed by atoms with Crippen molar-refractivity contribution in [1.29, 1.82) is 0 Å². The van der Waals surface area contributed by atoms with Crippen LogP contribution in [0, 0.1) is 17.0 Å². The summed E-state index contributed by atoms with van der Waals surface area (Å²) in [6, 6.07) is 0. The Bertz CT molecular complexity index is 437. The van der Waals surface area contributed by atoms with Gasteiger partial charge in [-0.15, -0.1) is 0 Å². The summed E-state index contributed by atoms with van der Waals surface area (Å²) in [4.78, 5) is 13.6. The van der Waals surface area contributed by atoms with Gasteiger partial charge in [-0.3, -0.25) is 10.1 Å². The number of nitro groups is 1. The summed E-state index contributed by atoms with van der Waals surface area (Å²) in [7, 11) is 0. The van der Waals surface area contributed by atoms with Crippen molar-refractivity contribution in [1.82, 2.24) is 4.98 Å². The third-order valence-corrected chi connectivity index (χ3v) is 2.43. The summed E-state index contributed by atoms with van der Waals surface area (Å²) in [5.41, 5.74) is 5.12. The quantitative estimate of drug-likeness (QED) is 0.403. The van der Waals surface area contributed by atoms with Gasteiger partial charge in [-0.2, -0.15) is 0 Å². The molecule has 0 aliphatic carbocycles. The van der Waals surface area contributed by atoms with Crippen molar-refractivity contribution in [3.63, 3.8) is 0 Å². The molecular weight excluding hydrogens is 230 g/mol. The van der Waals surface area contributed by atoms with Crippen LogP contribution in [0.2, 0.25) is 0 Å². The Labute approximate surface area is 96.5 Å². The van der Waals surface area contributed by atoms with Crippen LogP contribution in [0.3, 0.4) is 0 Å². The molecule has 0 saturated carbocycles. The number of aromatic nitrogens is 1. The summed E-state index contributed by atoms with van der Waals surface area (Å²) >= 11 is 0. The Kier molecular flexibility index (Phi) is 3.94. The molecule has 0 radical (unpaired) electrons. The van der Waals surface area contributed by atoms with E-state index in [4.69, 9.17) is 10.8 Å². The summed E-state index contributed by atoms with van der Waals surface area (Å²) < 4.78 is 0. The number of rotatable bonds is 4. The van der Waals surface area contributed by atoms with Crippen LogP contribution in [-0.2, 0) is 0 Å². The minimum Gasteiger partial charge on any atom is -0.394 e. The van der Waals surface area contributed by atoms with Crippen molar-refractivity contribution in [2.75, 3.05) is 12.3 Å². The van der Waals surface area contributed by atoms with E-state index in [9.17, 15) is 20.3 Å². The molecule has 0 aliphatic heterocycles. The van der Waals surface area contributed by atoms with Crippen LogP contribution in [-0.4, -0.2) is 37.9 Å². The molecule has 8 heteroatoms. The van der Waals surface area contributed by atoms with Crippen molar-refractivity contribution in [3.8, 4) is 0 Å². The van der Waals surface area contributed by atoms with Crippen molar-refractivity contribution in [2.45, 2.75) is 19.1 Å². The van der Waals surface area contributed by atoms with Crippen LogP contribution in [0.4, 0.5) is 11.5 Å². The first kappa shape index (κ1) is 13.3. The molecule has 8 nitrogen and oxygen atoms in total. The molecule has 1 heterocycles. The first-order valence-corrected chi connectivity index (χ1v) is 4.76. The number of anilines is 1. The molecular formula is C9H13N3O5. The molecule has 0 fully saturated rings. The molecule has 0 saturated heterocycles. The van der Waals surface area contributed by atoms with Crippen molar-refractivity contribution in [3.05, 3.63) is 27.4 Å². The summed E-state index contributed by atoms with van der Waals surface area (Å²) in [6.07, 6.45) is -1.74. The molecule has 1 rings (SSSR count). The van der Waals surface area contributed by atoms with Gasteiger partial charge < -0.3 is 21.1 Å². The molecule has 0 aliphatic rings. The van der Waals surface area contributed by atoms with Gasteiger partial charge >= 0.3 is 5.69 Å². The zero-order valence-corrected chi connectivity index (χ0v) is 9.07. The Hall–Kier alpha value is -1.77. The van der Waals surface area contributed by atoms with E-state index in [0.717, 1.165) is 6.20 Å². The van der Waals surface area contributed by atoms with Crippen LogP contribution in [0.25, 0.3) is 0 Å². The lowest BCUT2D eigenvalue weighted by molar-refractivity contribution is -0.384. The van der Waals surface area contributed by atoms with Gasteiger partial charge in [0, 0.05) is 17.3 Å². The van der Waals surface area contributed by atoms with Crippen LogP contribution in [0.15, 0.2) is 6.20 Å². The standard InChI is InChI=1S/C9H13N3O5/c1-4-5(8(15)6(14)3-13)2-11-9(10)7(4)12(16)17/h2,6,8,13-15H,3H2,1H3,(H2,10,11). The maximum atomic E-state index is 10.7. The second-order valence-corrected chi connectivity index (χ2v) is 3.52. The highest BCUT2D eigenvalue weighted by molar-refractivity contribution is 5.59. The first-order chi connectivity index (χ1) is 7.90. The molecule has 2 unspecified atom stereocenters. The second-order valence-electron chi connectivity index (χ2n) is 3.52. The van der Waals surface area contributed by atoms with E-state index in [0.29, 0.717) is 0 Å². The van der Waals surface area contributed by atoms with Crippen LogP contribution in [0.5, 0.6) is 0 Å². The second kappa shape index (κ2) is 5.04. The highest BCUT2D eigenvalue weighted by Crippen LogP contribution is 2.30. The van der Waals surface area contributed by atoms with Gasteiger partial charge in [-0.1, -0.05) is 0 Å². The van der Waals surface area contributed by atoms with E-state index >= 15 is 0 Å². The van der Waals surface area contributed by atoms with Gasteiger partial charge in [-0.05, 0) is 6.92 Å². The molecule has 2 atom stereocenters. The van der Waals surface area contributed by atoms with Crippen molar-refractivity contribution >= 4 is 11.5 Å². The van der Waals surface area contributed by atoms with E-state index in [-0.39, 0.29) is 16.9 Å². The smallest absolute Gasteiger partial charge is 0.314 e. The summed E-state index contributed by atoms with van der Waals surface area (Å²) in [5, 5.41) is 38.4. The average Bonchev–Trinajstić information content (AvgIpc) is 2.27. The third-order valence-electron chi connectivity index (χ3n) is 2.43. The third kappa shape index (κ3) is 2.49. The number of nitrogens with two attached hydrogens (primary N) is 1. The minimum atomic E-state index is -1.45. The lowest BCUT2D eigenvalue weighted by Gasteiger charge is -2.17. The highest BCUT2D eigenvalue weighted by Gasteiger charge is 2.26. The number of nitrogen functional groups attached to an aromatic ring is 1. The van der Waals surface area contributed by atoms with E-state index in [2.05, 4.69) is 4.98 Å². The number of aliphatic hydroxyl groups excluding tert-OH is 3. The van der Waals surface area contributed by atoms with Crippen molar-refractivity contribution in [2.24, 2.45) is 0 Å². The largest absolute Gasteiger partial charge is 0.394 e. The van der Waals surface area contributed by atoms with E-state index in [1.165, 1.54) is 6.92 Å². The normalized spacial score (nSPS) is 14.4. The Morgan fingerprint density at radius 3 is 2.65 bits per heavy atom. The van der Waals surface area contributed by atoms with E-state index < -0.39 is 29.4 Å². The molecule has 1 aromatic heterocycles. The number of nitrogens with zero attached hydrogens (tertiary/aromatic N) is 2. The number of hydrogen-bond donors (Lipinski definition) is 4. The van der Waals surface area contributed by atoms with Crippen LogP contribution < -0.4 is 5.73 Å². The van der Waals surface area contributed by atoms with Gasteiger partial charge in [0.25, 0.3) is 0 Å². The van der Waals surface area contributed by atoms with Gasteiger partial charge in [0.2, 0.25) is 5.82 Å². The van der Waals surface area contributed by atoms with E-state index in [1.807, 2.05) is 0 Å². The molecule has 0 bridgehead atoms. The fourth-order valence-corrected chi connectivity index (χ4v) is 1.46. The van der Waals surface area contributed by atoms with Crippen LogP contribution in [0.1, 0.15) is 17.2 Å². The topological polar surface area (TPSA) is 143 Å². The molecule has 0 aromatic carbocycles. The molecule has 17 heavy (non-hydrogen) atoms. The monoisotopic (exact) mass is 243 g/mol. The SMILES string of the molecule is Cc1c(C(O)C(O)CO)cnc(N)c1[N+](=O)[O-]. The van der Waals surface area contributed by atoms with Gasteiger partial charge in [0.15, 0.2) is 0 Å². The predicted molar refractivity (Wildman–Crippen MR) is 58.1 cm³/mol. The Balaban J connectivity index is 3.28. The zero-order valence-electron chi connectivity index (χ0n) is 9.07. The van der Waals surface area contributed by atoms with Gasteiger partial charge in [-0.25, -0.2) is 4.98 Å². The van der Waals surface area contributed by atoms with Gasteiger partial charge in [0.1, 0.15) is 12.2 Å². The summed E-state index contributed by atoms with van der Waals surface area (Å²) in [6.45, 7) is 0.720. The maximum Gasteiger partial charge on any atom is 0.314 e. The fourth-order valence-electron chi connectivity index (χ4n) is 1.46. The maximum absolute atomic E-state index is 10.7. The summed E-state index contributed by atoms with van der Waals surface area (Å²) in [5.74, 6) is -0.262. The van der Waals surface area contributed by atoms with E-state index in [1.54, 1.807) is 0 Å². The van der Waals surface area contributed by atoms with Crippen LogP contribution >= 0.6 is 0 Å². The predicted octanol–water partition coefficient (Wildman–Crippen LogP) is -0.733. The molecule has 94 valence electrons. The number of hydrogen-bond acceptors (Lipinski definition) is 7. The lowest BCUT2D eigenvalue weighted by Crippen LogP contribution is -2.23.